The molecule has 1 atom stereocenters. The van der Waals surface area contributed by atoms with Crippen molar-refractivity contribution in [2.45, 2.75) is 38.1 Å². The number of carboxylic acid groups (broad SMARTS) is 1. The number of aliphatic carboxylic acids is 1. The predicted molar refractivity (Wildman–Crippen MR) is 87.9 cm³/mol. The fourth-order valence-electron chi connectivity index (χ4n) is 3.44. The molecule has 3 rings (SSSR count). The number of halogens is 1. The van der Waals surface area contributed by atoms with Gasteiger partial charge in [0.25, 0.3) is 5.91 Å². The Bertz CT molecular complexity index is 764. The van der Waals surface area contributed by atoms with Gasteiger partial charge in [-0.15, -0.1) is 0 Å². The average molecular weight is 375 g/mol. The Morgan fingerprint density at radius 3 is 2.87 bits per heavy atom. The lowest BCUT2D eigenvalue weighted by atomic mass is 9.88. The summed E-state index contributed by atoms with van der Waals surface area (Å²) in [5.74, 6) is -1.20. The van der Waals surface area contributed by atoms with E-state index in [1.807, 2.05) is 0 Å². The summed E-state index contributed by atoms with van der Waals surface area (Å²) in [6.07, 6.45) is 3.43. The minimum atomic E-state index is -0.979. The smallest absolute Gasteiger partial charge is 0.308 e. The van der Waals surface area contributed by atoms with Crippen LogP contribution < -0.4 is 4.90 Å². The van der Waals surface area contributed by atoms with Crippen molar-refractivity contribution in [1.82, 2.24) is 0 Å². The van der Waals surface area contributed by atoms with Gasteiger partial charge < -0.3 is 10.0 Å². The summed E-state index contributed by atoms with van der Waals surface area (Å²) in [6, 6.07) is 7.20. The first-order valence-corrected chi connectivity index (χ1v) is 8.29. The molecule has 2 aliphatic rings. The maximum absolute atomic E-state index is 12.8. The number of carbonyl (C=O) groups is 2. The van der Waals surface area contributed by atoms with E-state index in [2.05, 4.69) is 22.0 Å². The SMILES string of the molecule is N#Cc1ccc(N2C(=O)C(CC(=O)O)=C3CCCCC32)cc1Br. The lowest BCUT2D eigenvalue weighted by molar-refractivity contribution is -0.136. The zero-order chi connectivity index (χ0) is 16.6. The van der Waals surface area contributed by atoms with Crippen molar-refractivity contribution >= 4 is 33.5 Å². The molecule has 0 spiro atoms. The van der Waals surface area contributed by atoms with Gasteiger partial charge in [0.1, 0.15) is 6.07 Å². The van der Waals surface area contributed by atoms with Crippen molar-refractivity contribution in [3.8, 4) is 6.07 Å². The lowest BCUT2D eigenvalue weighted by Crippen LogP contribution is -2.37. The molecule has 1 saturated carbocycles. The number of nitrogens with zero attached hydrogens (tertiary/aromatic N) is 2. The number of anilines is 1. The van der Waals surface area contributed by atoms with Crippen molar-refractivity contribution < 1.29 is 14.7 Å². The molecular weight excluding hydrogens is 360 g/mol. The molecule has 0 aromatic heterocycles. The van der Waals surface area contributed by atoms with Crippen LogP contribution in [0.25, 0.3) is 0 Å². The van der Waals surface area contributed by atoms with Crippen molar-refractivity contribution in [3.63, 3.8) is 0 Å². The Kier molecular flexibility index (Phi) is 4.22. The highest BCUT2D eigenvalue weighted by molar-refractivity contribution is 9.10. The van der Waals surface area contributed by atoms with Gasteiger partial charge in [0.2, 0.25) is 0 Å². The number of carbonyl (C=O) groups excluding carboxylic acids is 1. The molecule has 6 heteroatoms. The van der Waals surface area contributed by atoms with Crippen LogP contribution in [0.2, 0.25) is 0 Å². The summed E-state index contributed by atoms with van der Waals surface area (Å²) in [5, 5.41) is 18.1. The van der Waals surface area contributed by atoms with Gasteiger partial charge in [-0.05, 0) is 59.0 Å². The van der Waals surface area contributed by atoms with Crippen LogP contribution in [0.5, 0.6) is 0 Å². The number of benzene rings is 1. The van der Waals surface area contributed by atoms with Crippen LogP contribution in [-0.4, -0.2) is 23.0 Å². The Labute approximate surface area is 142 Å². The van der Waals surface area contributed by atoms with E-state index in [-0.39, 0.29) is 18.4 Å². The van der Waals surface area contributed by atoms with Crippen molar-refractivity contribution in [2.75, 3.05) is 4.90 Å². The summed E-state index contributed by atoms with van der Waals surface area (Å²) < 4.78 is 0.634. The lowest BCUT2D eigenvalue weighted by Gasteiger charge is -2.30. The zero-order valence-corrected chi connectivity index (χ0v) is 14.0. The fraction of sp³-hybridized carbons (Fsp3) is 0.353. The van der Waals surface area contributed by atoms with Gasteiger partial charge in [-0.3, -0.25) is 9.59 Å². The van der Waals surface area contributed by atoms with Crippen LogP contribution in [0.4, 0.5) is 5.69 Å². The number of hydrogen-bond donors (Lipinski definition) is 1. The Hall–Kier alpha value is -2.13. The second-order valence-electron chi connectivity index (χ2n) is 5.79. The molecule has 1 aromatic carbocycles. The van der Waals surface area contributed by atoms with Crippen LogP contribution in [0.1, 0.15) is 37.7 Å². The molecule has 1 aromatic rings. The van der Waals surface area contributed by atoms with Gasteiger partial charge in [0.15, 0.2) is 0 Å². The van der Waals surface area contributed by atoms with Crippen LogP contribution in [0.3, 0.4) is 0 Å². The van der Waals surface area contributed by atoms with Gasteiger partial charge in [0, 0.05) is 15.7 Å². The Balaban J connectivity index is 2.01. The maximum Gasteiger partial charge on any atom is 0.308 e. The number of carboxylic acids is 1. The summed E-state index contributed by atoms with van der Waals surface area (Å²) in [6.45, 7) is 0. The Morgan fingerprint density at radius 1 is 1.43 bits per heavy atom. The third-order valence-corrected chi connectivity index (χ3v) is 5.09. The van der Waals surface area contributed by atoms with E-state index in [4.69, 9.17) is 10.4 Å². The number of rotatable bonds is 3. The molecule has 0 saturated heterocycles. The first kappa shape index (κ1) is 15.8. The molecule has 23 heavy (non-hydrogen) atoms. The monoisotopic (exact) mass is 374 g/mol. The van der Waals surface area contributed by atoms with Gasteiger partial charge in [0.05, 0.1) is 18.0 Å². The van der Waals surface area contributed by atoms with Gasteiger partial charge in [-0.2, -0.15) is 5.26 Å². The number of hydrogen-bond acceptors (Lipinski definition) is 3. The highest BCUT2D eigenvalue weighted by Gasteiger charge is 2.41. The van der Waals surface area contributed by atoms with E-state index >= 15 is 0 Å². The number of nitriles is 1. The normalized spacial score (nSPS) is 20.4. The van der Waals surface area contributed by atoms with Crippen LogP contribution >= 0.6 is 15.9 Å². The van der Waals surface area contributed by atoms with Gasteiger partial charge in [-0.1, -0.05) is 6.42 Å². The predicted octanol–water partition coefficient (Wildman–Crippen LogP) is 3.38. The molecule has 0 radical (unpaired) electrons. The third-order valence-electron chi connectivity index (χ3n) is 4.43. The molecule has 1 N–H and O–H groups in total. The standard InChI is InChI=1S/C17H15BrN2O3/c18-14-7-11(6-5-10(14)9-19)20-15-4-2-1-3-12(15)13(17(20)23)8-16(21)22/h5-7,15H,1-4,8H2,(H,21,22). The molecule has 118 valence electrons. The van der Waals surface area contributed by atoms with Crippen LogP contribution in [0, 0.1) is 11.3 Å². The minimum absolute atomic E-state index is 0.0505. The second-order valence-corrected chi connectivity index (χ2v) is 6.64. The minimum Gasteiger partial charge on any atom is -0.481 e. The summed E-state index contributed by atoms with van der Waals surface area (Å²) in [7, 11) is 0. The topological polar surface area (TPSA) is 81.4 Å². The Morgan fingerprint density at radius 2 is 2.22 bits per heavy atom. The number of amides is 1. The molecule has 1 aliphatic heterocycles. The van der Waals surface area contributed by atoms with E-state index in [0.29, 0.717) is 21.3 Å². The largest absolute Gasteiger partial charge is 0.481 e. The summed E-state index contributed by atoms with van der Waals surface area (Å²) in [4.78, 5) is 25.6. The van der Waals surface area contributed by atoms with E-state index in [9.17, 15) is 9.59 Å². The van der Waals surface area contributed by atoms with Crippen molar-refractivity contribution in [2.24, 2.45) is 0 Å². The molecule has 1 aliphatic carbocycles. The van der Waals surface area contributed by atoms with Gasteiger partial charge in [-0.25, -0.2) is 0 Å². The van der Waals surface area contributed by atoms with E-state index < -0.39 is 5.97 Å². The summed E-state index contributed by atoms with van der Waals surface area (Å²) in [5.41, 5.74) is 2.61. The average Bonchev–Trinajstić information content (AvgIpc) is 2.79. The molecule has 1 heterocycles. The molecule has 1 fully saturated rings. The van der Waals surface area contributed by atoms with Gasteiger partial charge >= 0.3 is 5.97 Å². The van der Waals surface area contributed by atoms with Crippen molar-refractivity contribution in [1.29, 1.82) is 5.26 Å². The molecular formula is C17H15BrN2O3. The first-order valence-electron chi connectivity index (χ1n) is 7.50. The van der Waals surface area contributed by atoms with Crippen LogP contribution in [-0.2, 0) is 9.59 Å². The third kappa shape index (κ3) is 2.77. The molecule has 1 amide bonds. The maximum atomic E-state index is 12.8. The van der Waals surface area contributed by atoms with E-state index in [1.54, 1.807) is 23.1 Å². The van der Waals surface area contributed by atoms with Crippen LogP contribution in [0.15, 0.2) is 33.8 Å². The molecule has 1 unspecified atom stereocenters. The van der Waals surface area contributed by atoms with E-state index in [0.717, 1.165) is 31.3 Å². The number of fused-ring (bicyclic) bond motifs is 1. The highest BCUT2D eigenvalue weighted by Crippen LogP contribution is 2.41. The highest BCUT2D eigenvalue weighted by atomic mass is 79.9. The zero-order valence-electron chi connectivity index (χ0n) is 12.4. The fourth-order valence-corrected chi connectivity index (χ4v) is 3.89. The molecule has 0 bridgehead atoms. The van der Waals surface area contributed by atoms with E-state index in [1.165, 1.54) is 0 Å². The molecule has 5 nitrogen and oxygen atoms in total. The second kappa shape index (κ2) is 6.17. The van der Waals surface area contributed by atoms with Crippen molar-refractivity contribution in [3.05, 3.63) is 39.4 Å². The first-order chi connectivity index (χ1) is 11.0. The quantitative estimate of drug-likeness (QED) is 0.878. The summed E-state index contributed by atoms with van der Waals surface area (Å²) >= 11 is 3.35.